The van der Waals surface area contributed by atoms with Crippen molar-refractivity contribution in [3.05, 3.63) is 53.4 Å². The van der Waals surface area contributed by atoms with Crippen molar-refractivity contribution in [1.29, 1.82) is 0 Å². The van der Waals surface area contributed by atoms with Crippen LogP contribution in [0.15, 0.2) is 24.3 Å². The third kappa shape index (κ3) is 4.58. The van der Waals surface area contributed by atoms with Gasteiger partial charge in [-0.25, -0.2) is 0 Å². The van der Waals surface area contributed by atoms with Gasteiger partial charge in [-0.1, -0.05) is 12.1 Å². The highest BCUT2D eigenvalue weighted by molar-refractivity contribution is 5.46. The number of anilines is 1. The minimum Gasteiger partial charge on any atom is -0.492 e. The van der Waals surface area contributed by atoms with Crippen LogP contribution in [0.1, 0.15) is 5.56 Å². The maximum atomic E-state index is 13.5. The van der Waals surface area contributed by atoms with Gasteiger partial charge >= 0.3 is 0 Å². The molecular weight excluding hydrogens is 326 g/mol. The topological polar surface area (TPSA) is 37.4 Å². The maximum absolute atomic E-state index is 13.5. The molecule has 1 N–H and O–H groups in total. The number of nitrogens with zero attached hydrogens (tertiary/aromatic N) is 2. The van der Waals surface area contributed by atoms with E-state index in [-0.39, 0.29) is 6.54 Å². The highest BCUT2D eigenvalue weighted by Crippen LogP contribution is 2.23. The number of benzene rings is 1. The first kappa shape index (κ1) is 18.0. The molecule has 8 heteroatoms. The van der Waals surface area contributed by atoms with Crippen molar-refractivity contribution in [2.45, 2.75) is 6.54 Å². The molecule has 0 aliphatic heterocycles. The van der Waals surface area contributed by atoms with Crippen molar-refractivity contribution in [3.63, 3.8) is 0 Å². The Kier molecular flexibility index (Phi) is 5.97. The zero-order chi connectivity index (χ0) is 17.7. The first-order valence-corrected chi connectivity index (χ1v) is 7.19. The summed E-state index contributed by atoms with van der Waals surface area (Å²) < 4.78 is 58.5. The van der Waals surface area contributed by atoms with E-state index in [1.165, 1.54) is 0 Å². The molecule has 0 amide bonds. The molecule has 0 aliphatic carbocycles. The van der Waals surface area contributed by atoms with Crippen LogP contribution in [0.5, 0.6) is 5.75 Å². The minimum absolute atomic E-state index is 0.0191. The maximum Gasteiger partial charge on any atom is 0.253 e. The zero-order valence-corrected chi connectivity index (χ0v) is 13.2. The van der Waals surface area contributed by atoms with Crippen LogP contribution in [-0.4, -0.2) is 37.1 Å². The zero-order valence-electron chi connectivity index (χ0n) is 13.2. The van der Waals surface area contributed by atoms with E-state index in [1.807, 2.05) is 19.0 Å². The fourth-order valence-corrected chi connectivity index (χ4v) is 1.88. The van der Waals surface area contributed by atoms with Gasteiger partial charge < -0.3 is 15.0 Å². The van der Waals surface area contributed by atoms with Crippen molar-refractivity contribution in [3.8, 4) is 5.75 Å². The molecule has 0 saturated heterocycles. The molecule has 0 unspecified atom stereocenters. The number of rotatable bonds is 7. The second-order valence-corrected chi connectivity index (χ2v) is 5.35. The lowest BCUT2D eigenvalue weighted by Gasteiger charge is -2.12. The number of hydrogen-bond donors (Lipinski definition) is 1. The molecule has 4 nitrogen and oxygen atoms in total. The quantitative estimate of drug-likeness (QED) is 0.619. The molecule has 1 heterocycles. The summed E-state index contributed by atoms with van der Waals surface area (Å²) in [7, 11) is 3.86. The first-order chi connectivity index (χ1) is 11.4. The number of aromatic nitrogens is 1. The van der Waals surface area contributed by atoms with E-state index in [1.54, 1.807) is 24.3 Å². The highest BCUT2D eigenvalue weighted by atomic mass is 19.2. The van der Waals surface area contributed by atoms with Crippen molar-refractivity contribution in [2.75, 3.05) is 32.6 Å². The number of hydrogen-bond acceptors (Lipinski definition) is 4. The van der Waals surface area contributed by atoms with E-state index in [9.17, 15) is 17.6 Å². The molecular formula is C16H17F4N3O. The van der Waals surface area contributed by atoms with Gasteiger partial charge in [0.05, 0.1) is 0 Å². The Morgan fingerprint density at radius 2 is 1.58 bits per heavy atom. The summed E-state index contributed by atoms with van der Waals surface area (Å²) in [5, 5.41) is 2.34. The summed E-state index contributed by atoms with van der Waals surface area (Å²) in [5.41, 5.74) is -0.224. The van der Waals surface area contributed by atoms with Crippen LogP contribution in [0.25, 0.3) is 0 Å². The Morgan fingerprint density at radius 1 is 1.00 bits per heavy atom. The molecule has 1 aromatic carbocycles. The van der Waals surface area contributed by atoms with E-state index in [2.05, 4.69) is 10.3 Å². The van der Waals surface area contributed by atoms with E-state index >= 15 is 0 Å². The van der Waals surface area contributed by atoms with Crippen molar-refractivity contribution >= 4 is 5.69 Å². The highest BCUT2D eigenvalue weighted by Gasteiger charge is 2.20. The first-order valence-electron chi connectivity index (χ1n) is 7.19. The average molecular weight is 343 g/mol. The Morgan fingerprint density at radius 3 is 2.12 bits per heavy atom. The molecule has 130 valence electrons. The van der Waals surface area contributed by atoms with Gasteiger partial charge in [-0.2, -0.15) is 22.5 Å². The third-order valence-electron chi connectivity index (χ3n) is 3.20. The van der Waals surface area contributed by atoms with E-state index in [4.69, 9.17) is 4.74 Å². The molecule has 0 radical (unpaired) electrons. The van der Waals surface area contributed by atoms with Gasteiger partial charge in [0, 0.05) is 13.1 Å². The Bertz CT molecular complexity index is 666. The summed E-state index contributed by atoms with van der Waals surface area (Å²) in [5.74, 6) is -5.85. The van der Waals surface area contributed by atoms with Crippen molar-refractivity contribution in [1.82, 2.24) is 9.88 Å². The monoisotopic (exact) mass is 343 g/mol. The summed E-state index contributed by atoms with van der Waals surface area (Å²) in [6.07, 6.45) is 0. The number of ether oxygens (including phenoxy) is 1. The number of likely N-dealkylation sites (N-methyl/N-ethyl adjacent to an activating group) is 1. The number of halogens is 4. The van der Waals surface area contributed by atoms with Crippen LogP contribution in [0.2, 0.25) is 0 Å². The Labute approximate surface area is 137 Å². The predicted molar refractivity (Wildman–Crippen MR) is 81.9 cm³/mol. The average Bonchev–Trinajstić information content (AvgIpc) is 2.54. The molecule has 0 saturated carbocycles. The van der Waals surface area contributed by atoms with E-state index in [0.717, 1.165) is 6.54 Å². The number of nitrogens with one attached hydrogen (secondary N) is 1. The van der Waals surface area contributed by atoms with Gasteiger partial charge in [-0.15, -0.1) is 0 Å². The molecule has 1 aromatic heterocycles. The lowest BCUT2D eigenvalue weighted by molar-refractivity contribution is 0.261. The fourth-order valence-electron chi connectivity index (χ4n) is 1.88. The van der Waals surface area contributed by atoms with Crippen LogP contribution >= 0.6 is 0 Å². The van der Waals surface area contributed by atoms with Crippen LogP contribution in [0.3, 0.4) is 0 Å². The normalized spacial score (nSPS) is 11.0. The second-order valence-electron chi connectivity index (χ2n) is 5.35. The second kappa shape index (κ2) is 7.96. The van der Waals surface area contributed by atoms with Gasteiger partial charge in [-0.3, -0.25) is 0 Å². The third-order valence-corrected chi connectivity index (χ3v) is 3.20. The van der Waals surface area contributed by atoms with Crippen molar-refractivity contribution in [2.24, 2.45) is 0 Å². The predicted octanol–water partition coefficient (Wildman–Crippen LogP) is 3.19. The van der Waals surface area contributed by atoms with Gasteiger partial charge in [0.25, 0.3) is 11.9 Å². The van der Waals surface area contributed by atoms with E-state index in [0.29, 0.717) is 17.9 Å². The summed E-state index contributed by atoms with van der Waals surface area (Å²) in [6, 6.07) is 6.77. The molecule has 2 rings (SSSR count). The standard InChI is InChI=1S/C16H17F4N3O/c1-23(2)7-8-24-11-5-3-10(4-6-11)9-21-14-12(17)15(19)22-16(20)13(14)18/h3-6H,7-9H2,1-2H3,(H,21,22). The SMILES string of the molecule is CN(C)CCOc1ccc(CNc2c(F)c(F)nc(F)c2F)cc1. The summed E-state index contributed by atoms with van der Waals surface area (Å²) >= 11 is 0. The van der Waals surface area contributed by atoms with E-state index < -0.39 is 29.2 Å². The van der Waals surface area contributed by atoms with Crippen LogP contribution in [0, 0.1) is 23.5 Å². The molecule has 2 aromatic rings. The van der Waals surface area contributed by atoms with Crippen LogP contribution in [-0.2, 0) is 6.54 Å². The van der Waals surface area contributed by atoms with Crippen LogP contribution in [0.4, 0.5) is 23.2 Å². The Hall–Kier alpha value is -2.35. The van der Waals surface area contributed by atoms with Crippen LogP contribution < -0.4 is 10.1 Å². The molecule has 0 atom stereocenters. The summed E-state index contributed by atoms with van der Waals surface area (Å²) in [6.45, 7) is 1.27. The molecule has 0 fully saturated rings. The van der Waals surface area contributed by atoms with Gasteiger partial charge in [-0.05, 0) is 31.8 Å². The fraction of sp³-hybridized carbons (Fsp3) is 0.312. The van der Waals surface area contributed by atoms with Crippen molar-refractivity contribution < 1.29 is 22.3 Å². The van der Waals surface area contributed by atoms with Gasteiger partial charge in [0.2, 0.25) is 11.6 Å². The molecule has 0 bridgehead atoms. The molecule has 24 heavy (non-hydrogen) atoms. The minimum atomic E-state index is -1.69. The Balaban J connectivity index is 1.98. The molecule has 0 spiro atoms. The smallest absolute Gasteiger partial charge is 0.253 e. The number of pyridine rings is 1. The van der Waals surface area contributed by atoms with Gasteiger partial charge in [0.15, 0.2) is 0 Å². The molecule has 0 aliphatic rings. The summed E-state index contributed by atoms with van der Waals surface area (Å²) in [4.78, 5) is 4.48. The lowest BCUT2D eigenvalue weighted by Crippen LogP contribution is -2.19. The van der Waals surface area contributed by atoms with Gasteiger partial charge in [0.1, 0.15) is 18.0 Å². The largest absolute Gasteiger partial charge is 0.492 e. The lowest BCUT2D eigenvalue weighted by atomic mass is 10.2.